The summed E-state index contributed by atoms with van der Waals surface area (Å²) in [7, 11) is 0. The predicted molar refractivity (Wildman–Crippen MR) is 74.9 cm³/mol. The van der Waals surface area contributed by atoms with Crippen molar-refractivity contribution in [2.24, 2.45) is 5.41 Å². The molecule has 1 saturated carbocycles. The van der Waals surface area contributed by atoms with Crippen molar-refractivity contribution >= 4 is 11.5 Å². The minimum absolute atomic E-state index is 0.0827. The number of benzene rings is 1. The Labute approximate surface area is 118 Å². The molecule has 1 fully saturated rings. The van der Waals surface area contributed by atoms with E-state index in [-0.39, 0.29) is 23.0 Å². The van der Waals surface area contributed by atoms with Gasteiger partial charge in [0.15, 0.2) is 0 Å². The Morgan fingerprint density at radius 2 is 2.05 bits per heavy atom. The number of carbonyl (C=O) groups excluding carboxylic acids is 1. The Morgan fingerprint density at radius 3 is 2.50 bits per heavy atom. The first kappa shape index (κ1) is 14.5. The lowest BCUT2D eigenvalue weighted by Crippen LogP contribution is -2.56. The molecule has 1 aromatic rings. The van der Waals surface area contributed by atoms with E-state index >= 15 is 0 Å². The molecule has 2 rings (SSSR count). The number of carbonyl (C=O) groups is 1. The molecule has 0 aliphatic heterocycles. The second-order valence-electron chi connectivity index (χ2n) is 5.30. The van der Waals surface area contributed by atoms with Gasteiger partial charge >= 0.3 is 0 Å². The lowest BCUT2D eigenvalue weighted by molar-refractivity contribution is -0.385. The van der Waals surface area contributed by atoms with E-state index in [0.29, 0.717) is 17.7 Å². The number of nitrogens with zero attached hydrogens (tertiary/aromatic N) is 1. The zero-order chi connectivity index (χ0) is 14.9. The Kier molecular flexibility index (Phi) is 3.79. The maximum absolute atomic E-state index is 11.9. The zero-order valence-corrected chi connectivity index (χ0v) is 12.0. The van der Waals surface area contributed by atoms with Crippen LogP contribution in [0.25, 0.3) is 0 Å². The third kappa shape index (κ3) is 2.17. The van der Waals surface area contributed by atoms with E-state index in [1.165, 1.54) is 6.07 Å². The van der Waals surface area contributed by atoms with Gasteiger partial charge < -0.3 is 4.74 Å². The maximum atomic E-state index is 11.9. The molecule has 0 spiro atoms. The largest absolute Gasteiger partial charge is 0.489 e. The number of nitro benzene ring substituents is 1. The molecule has 0 heterocycles. The first-order valence-corrected chi connectivity index (χ1v) is 6.89. The normalized spacial score (nSPS) is 20.4. The quantitative estimate of drug-likeness (QED) is 0.610. The summed E-state index contributed by atoms with van der Waals surface area (Å²) in [4.78, 5) is 22.2. The molecule has 0 aromatic heterocycles. The van der Waals surface area contributed by atoms with Gasteiger partial charge in [-0.2, -0.15) is 0 Å². The van der Waals surface area contributed by atoms with Crippen LogP contribution in [-0.2, 0) is 4.79 Å². The zero-order valence-electron chi connectivity index (χ0n) is 12.0. The Morgan fingerprint density at radius 1 is 1.40 bits per heavy atom. The summed E-state index contributed by atoms with van der Waals surface area (Å²) in [5, 5.41) is 10.8. The number of rotatable bonds is 5. The van der Waals surface area contributed by atoms with Crippen LogP contribution in [0.1, 0.15) is 38.7 Å². The molecule has 0 N–H and O–H groups in total. The fraction of sp³-hybridized carbons (Fsp3) is 0.533. The van der Waals surface area contributed by atoms with E-state index in [4.69, 9.17) is 4.74 Å². The highest BCUT2D eigenvalue weighted by Gasteiger charge is 2.53. The number of nitro groups is 1. The average molecular weight is 277 g/mol. The molecular formula is C15H19NO4. The van der Waals surface area contributed by atoms with Gasteiger partial charge in [-0.05, 0) is 31.9 Å². The van der Waals surface area contributed by atoms with E-state index in [1.54, 1.807) is 19.1 Å². The van der Waals surface area contributed by atoms with Gasteiger partial charge in [0.1, 0.15) is 17.6 Å². The summed E-state index contributed by atoms with van der Waals surface area (Å²) in [6.45, 7) is 5.68. The highest BCUT2D eigenvalue weighted by Crippen LogP contribution is 2.45. The number of aryl methyl sites for hydroxylation is 1. The van der Waals surface area contributed by atoms with Crippen LogP contribution in [0.15, 0.2) is 18.2 Å². The fourth-order valence-electron chi connectivity index (χ4n) is 2.94. The van der Waals surface area contributed by atoms with Crippen LogP contribution in [0, 0.1) is 22.5 Å². The molecule has 1 aliphatic carbocycles. The molecule has 20 heavy (non-hydrogen) atoms. The summed E-state index contributed by atoms with van der Waals surface area (Å²) in [5.41, 5.74) is 0.270. The maximum Gasteiger partial charge on any atom is 0.272 e. The standard InChI is InChI=1S/C15H19NO4/c1-4-15(5-2)13(17)9-14(15)20-11-6-7-12(16(18)19)10(3)8-11/h6-8,14H,4-5,9H2,1-3H3. The summed E-state index contributed by atoms with van der Waals surface area (Å²) < 4.78 is 5.89. The highest BCUT2D eigenvalue weighted by molar-refractivity contribution is 5.92. The van der Waals surface area contributed by atoms with Gasteiger partial charge in [-0.1, -0.05) is 13.8 Å². The monoisotopic (exact) mass is 277 g/mol. The van der Waals surface area contributed by atoms with Crippen molar-refractivity contribution in [2.75, 3.05) is 0 Å². The van der Waals surface area contributed by atoms with Crippen molar-refractivity contribution in [3.8, 4) is 5.75 Å². The van der Waals surface area contributed by atoms with Crippen LogP contribution in [0.3, 0.4) is 0 Å². The minimum atomic E-state index is -0.408. The number of ether oxygens (including phenoxy) is 1. The van der Waals surface area contributed by atoms with Crippen molar-refractivity contribution in [1.82, 2.24) is 0 Å². The van der Waals surface area contributed by atoms with Gasteiger partial charge in [0.2, 0.25) is 0 Å². The van der Waals surface area contributed by atoms with Crippen molar-refractivity contribution in [2.45, 2.75) is 46.1 Å². The van der Waals surface area contributed by atoms with E-state index in [9.17, 15) is 14.9 Å². The Bertz CT molecular complexity index is 549. The van der Waals surface area contributed by atoms with Crippen LogP contribution in [0.4, 0.5) is 5.69 Å². The smallest absolute Gasteiger partial charge is 0.272 e. The minimum Gasteiger partial charge on any atom is -0.489 e. The van der Waals surface area contributed by atoms with Gasteiger partial charge in [0, 0.05) is 18.1 Å². The molecule has 108 valence electrons. The van der Waals surface area contributed by atoms with Gasteiger partial charge in [0.05, 0.1) is 10.3 Å². The lowest BCUT2D eigenvalue weighted by Gasteiger charge is -2.46. The molecule has 0 saturated heterocycles. The third-order valence-electron chi connectivity index (χ3n) is 4.45. The van der Waals surface area contributed by atoms with Crippen LogP contribution >= 0.6 is 0 Å². The lowest BCUT2D eigenvalue weighted by atomic mass is 9.61. The summed E-state index contributed by atoms with van der Waals surface area (Å²) in [5.74, 6) is 0.850. The molecule has 0 bridgehead atoms. The van der Waals surface area contributed by atoms with Crippen LogP contribution in [0.2, 0.25) is 0 Å². The Hall–Kier alpha value is -1.91. The SMILES string of the molecule is CCC1(CC)C(=O)CC1Oc1ccc([N+](=O)[O-])c(C)c1. The predicted octanol–water partition coefficient (Wildman–Crippen LogP) is 3.43. The van der Waals surface area contributed by atoms with Crippen molar-refractivity contribution in [3.63, 3.8) is 0 Å². The van der Waals surface area contributed by atoms with Crippen molar-refractivity contribution < 1.29 is 14.5 Å². The van der Waals surface area contributed by atoms with Gasteiger partial charge in [-0.3, -0.25) is 14.9 Å². The Balaban J connectivity index is 2.17. The van der Waals surface area contributed by atoms with Crippen LogP contribution in [0.5, 0.6) is 5.75 Å². The van der Waals surface area contributed by atoms with Gasteiger partial charge in [-0.15, -0.1) is 0 Å². The second-order valence-corrected chi connectivity index (χ2v) is 5.30. The molecule has 5 heteroatoms. The van der Waals surface area contributed by atoms with Crippen molar-refractivity contribution in [3.05, 3.63) is 33.9 Å². The van der Waals surface area contributed by atoms with Crippen LogP contribution < -0.4 is 4.74 Å². The van der Waals surface area contributed by atoms with E-state index in [0.717, 1.165) is 12.8 Å². The van der Waals surface area contributed by atoms with E-state index in [2.05, 4.69) is 0 Å². The molecule has 1 unspecified atom stereocenters. The average Bonchev–Trinajstić information content (AvgIpc) is 2.39. The van der Waals surface area contributed by atoms with Crippen LogP contribution in [-0.4, -0.2) is 16.8 Å². The van der Waals surface area contributed by atoms with Gasteiger partial charge in [-0.25, -0.2) is 0 Å². The number of hydrogen-bond acceptors (Lipinski definition) is 4. The molecule has 1 aliphatic rings. The van der Waals surface area contributed by atoms with Gasteiger partial charge in [0.25, 0.3) is 5.69 Å². The van der Waals surface area contributed by atoms with E-state index in [1.807, 2.05) is 13.8 Å². The second kappa shape index (κ2) is 5.23. The molecule has 5 nitrogen and oxygen atoms in total. The number of hydrogen-bond donors (Lipinski definition) is 0. The first-order chi connectivity index (χ1) is 9.44. The molecule has 0 amide bonds. The number of Topliss-reactive ketones (excluding diaryl/α,β-unsaturated/α-hetero) is 1. The summed E-state index contributed by atoms with van der Waals surface area (Å²) >= 11 is 0. The molecule has 1 aromatic carbocycles. The third-order valence-corrected chi connectivity index (χ3v) is 4.45. The number of ketones is 1. The first-order valence-electron chi connectivity index (χ1n) is 6.89. The van der Waals surface area contributed by atoms with Crippen molar-refractivity contribution in [1.29, 1.82) is 0 Å². The molecular weight excluding hydrogens is 258 g/mol. The molecule has 1 atom stereocenters. The summed E-state index contributed by atoms with van der Waals surface area (Å²) in [6.07, 6.45) is 1.83. The fourth-order valence-corrected chi connectivity index (χ4v) is 2.94. The highest BCUT2D eigenvalue weighted by atomic mass is 16.6. The summed E-state index contributed by atoms with van der Waals surface area (Å²) in [6, 6.07) is 4.71. The van der Waals surface area contributed by atoms with E-state index < -0.39 is 4.92 Å². The molecule has 0 radical (unpaired) electrons. The topological polar surface area (TPSA) is 69.4 Å².